The van der Waals surface area contributed by atoms with Crippen LogP contribution in [0.2, 0.25) is 0 Å². The van der Waals surface area contributed by atoms with Gasteiger partial charge in [0.1, 0.15) is 5.82 Å². The molecule has 4 nitrogen and oxygen atoms in total. The first-order chi connectivity index (χ1) is 9.00. The van der Waals surface area contributed by atoms with Crippen molar-refractivity contribution in [3.63, 3.8) is 0 Å². The summed E-state index contributed by atoms with van der Waals surface area (Å²) in [6.45, 7) is 1.62. The summed E-state index contributed by atoms with van der Waals surface area (Å²) in [5.74, 6) is -0.846. The summed E-state index contributed by atoms with van der Waals surface area (Å²) in [6.07, 6.45) is 0.406. The first-order valence-electron chi connectivity index (χ1n) is 5.82. The van der Waals surface area contributed by atoms with E-state index in [1.165, 1.54) is 29.0 Å². The highest BCUT2D eigenvalue weighted by molar-refractivity contribution is 5.26. The van der Waals surface area contributed by atoms with E-state index < -0.39 is 17.3 Å². The molecule has 0 aliphatic carbocycles. The summed E-state index contributed by atoms with van der Waals surface area (Å²) < 4.78 is 15.0. The van der Waals surface area contributed by atoms with Crippen molar-refractivity contribution < 1.29 is 14.6 Å². The fourth-order valence-corrected chi connectivity index (χ4v) is 1.89. The van der Waals surface area contributed by atoms with E-state index in [9.17, 15) is 19.4 Å². The molecule has 1 aromatic carbocycles. The zero-order valence-corrected chi connectivity index (χ0v) is 10.4. The molecular weight excluding hydrogens is 249 g/mol. The van der Waals surface area contributed by atoms with E-state index in [4.69, 9.17) is 0 Å². The quantitative estimate of drug-likeness (QED) is 0.886. The summed E-state index contributed by atoms with van der Waals surface area (Å²) in [6, 6.07) is 7.15. The van der Waals surface area contributed by atoms with Crippen molar-refractivity contribution in [2.24, 2.45) is 0 Å². The van der Waals surface area contributed by atoms with Crippen molar-refractivity contribution >= 4 is 0 Å². The minimum Gasteiger partial charge on any atom is -0.503 e. The molecule has 19 heavy (non-hydrogen) atoms. The Hall–Kier alpha value is -2.14. The number of hydrogen-bond acceptors (Lipinski definition) is 3. The third-order valence-corrected chi connectivity index (χ3v) is 3.05. The number of rotatable bonds is 3. The number of benzene rings is 1. The highest BCUT2D eigenvalue weighted by Gasteiger charge is 2.14. The Kier molecular flexibility index (Phi) is 3.66. The Morgan fingerprint density at radius 3 is 2.68 bits per heavy atom. The lowest BCUT2D eigenvalue weighted by atomic mass is 10.1. The fraction of sp³-hybridized carbons (Fsp3) is 0.214. The van der Waals surface area contributed by atoms with Crippen LogP contribution in [0.4, 0.5) is 4.39 Å². The van der Waals surface area contributed by atoms with Gasteiger partial charge < -0.3 is 14.8 Å². The molecule has 0 saturated heterocycles. The molecule has 1 atom stereocenters. The molecule has 0 aliphatic heterocycles. The number of aliphatic hydroxyl groups excluding tert-OH is 1. The molecule has 2 rings (SSSR count). The lowest BCUT2D eigenvalue weighted by molar-refractivity contribution is 0.150. The SMILES string of the molecule is Cc1c(O)c(=O)ccn1C[C@@H](O)c1ccccc1F. The summed E-state index contributed by atoms with van der Waals surface area (Å²) in [5, 5.41) is 19.6. The fourth-order valence-electron chi connectivity index (χ4n) is 1.89. The minimum atomic E-state index is -1.05. The average Bonchev–Trinajstić information content (AvgIpc) is 2.40. The van der Waals surface area contributed by atoms with Crippen LogP contribution in [0.3, 0.4) is 0 Å². The van der Waals surface area contributed by atoms with Gasteiger partial charge in [-0.25, -0.2) is 4.39 Å². The molecular formula is C14H14FNO3. The van der Waals surface area contributed by atoms with Crippen LogP contribution in [0.15, 0.2) is 41.3 Å². The molecule has 0 bridgehead atoms. The van der Waals surface area contributed by atoms with E-state index in [0.29, 0.717) is 5.69 Å². The average molecular weight is 263 g/mol. The Morgan fingerprint density at radius 2 is 2.00 bits per heavy atom. The van der Waals surface area contributed by atoms with Gasteiger partial charge in [0.05, 0.1) is 18.3 Å². The first-order valence-corrected chi connectivity index (χ1v) is 5.82. The summed E-state index contributed by atoms with van der Waals surface area (Å²) in [4.78, 5) is 11.2. The molecule has 0 amide bonds. The van der Waals surface area contributed by atoms with E-state index in [2.05, 4.69) is 0 Å². The standard InChI is InChI=1S/C14H14FNO3/c1-9-14(19)12(17)6-7-16(9)8-13(18)10-4-2-3-5-11(10)15/h2-7,13,18-19H,8H2,1H3/t13-/m1/s1. The van der Waals surface area contributed by atoms with Gasteiger partial charge >= 0.3 is 0 Å². The van der Waals surface area contributed by atoms with Crippen LogP contribution in [-0.2, 0) is 6.54 Å². The molecule has 100 valence electrons. The van der Waals surface area contributed by atoms with Gasteiger partial charge in [0, 0.05) is 17.8 Å². The van der Waals surface area contributed by atoms with Crippen molar-refractivity contribution in [3.8, 4) is 5.75 Å². The summed E-state index contributed by atoms with van der Waals surface area (Å²) in [7, 11) is 0. The van der Waals surface area contributed by atoms with E-state index >= 15 is 0 Å². The predicted molar refractivity (Wildman–Crippen MR) is 68.5 cm³/mol. The van der Waals surface area contributed by atoms with Crippen molar-refractivity contribution in [2.45, 2.75) is 19.6 Å². The maximum absolute atomic E-state index is 13.5. The van der Waals surface area contributed by atoms with Crippen molar-refractivity contribution in [1.82, 2.24) is 4.57 Å². The molecule has 5 heteroatoms. The zero-order valence-electron chi connectivity index (χ0n) is 10.4. The molecule has 0 radical (unpaired) electrons. The number of halogens is 1. The monoisotopic (exact) mass is 263 g/mol. The minimum absolute atomic E-state index is 0.0562. The highest BCUT2D eigenvalue weighted by atomic mass is 19.1. The Balaban J connectivity index is 2.30. The molecule has 0 spiro atoms. The number of aromatic hydroxyl groups is 1. The van der Waals surface area contributed by atoms with Gasteiger partial charge in [-0.2, -0.15) is 0 Å². The molecule has 0 unspecified atom stereocenters. The second kappa shape index (κ2) is 5.24. The lowest BCUT2D eigenvalue weighted by Crippen LogP contribution is -2.15. The second-order valence-corrected chi connectivity index (χ2v) is 4.30. The molecule has 0 aliphatic rings. The molecule has 2 N–H and O–H groups in total. The first kappa shape index (κ1) is 13.3. The topological polar surface area (TPSA) is 62.5 Å². The van der Waals surface area contributed by atoms with Crippen LogP contribution in [-0.4, -0.2) is 14.8 Å². The third kappa shape index (κ3) is 2.66. The Labute approximate surface area is 109 Å². The number of aromatic nitrogens is 1. The zero-order chi connectivity index (χ0) is 14.0. The maximum Gasteiger partial charge on any atom is 0.223 e. The summed E-state index contributed by atoms with van der Waals surface area (Å²) in [5.41, 5.74) is 0.0390. The largest absolute Gasteiger partial charge is 0.503 e. The van der Waals surface area contributed by atoms with Gasteiger partial charge in [-0.1, -0.05) is 18.2 Å². The van der Waals surface area contributed by atoms with E-state index in [1.807, 2.05) is 0 Å². The van der Waals surface area contributed by atoms with E-state index in [0.717, 1.165) is 0 Å². The van der Waals surface area contributed by atoms with Crippen LogP contribution < -0.4 is 5.43 Å². The van der Waals surface area contributed by atoms with Crippen LogP contribution in [0.25, 0.3) is 0 Å². The van der Waals surface area contributed by atoms with Gasteiger partial charge in [-0.05, 0) is 13.0 Å². The molecule has 2 aromatic rings. The van der Waals surface area contributed by atoms with Crippen LogP contribution >= 0.6 is 0 Å². The smallest absolute Gasteiger partial charge is 0.223 e. The maximum atomic E-state index is 13.5. The van der Waals surface area contributed by atoms with Crippen LogP contribution in [0, 0.1) is 12.7 Å². The molecule has 1 heterocycles. The Morgan fingerprint density at radius 1 is 1.32 bits per heavy atom. The van der Waals surface area contributed by atoms with Gasteiger partial charge in [0.2, 0.25) is 5.43 Å². The number of pyridine rings is 1. The van der Waals surface area contributed by atoms with E-state index in [1.54, 1.807) is 19.1 Å². The van der Waals surface area contributed by atoms with Gasteiger partial charge in [0.25, 0.3) is 0 Å². The number of aliphatic hydroxyl groups is 1. The van der Waals surface area contributed by atoms with Crippen molar-refractivity contribution in [3.05, 3.63) is 63.8 Å². The van der Waals surface area contributed by atoms with Crippen LogP contribution in [0.5, 0.6) is 5.75 Å². The highest BCUT2D eigenvalue weighted by Crippen LogP contribution is 2.20. The second-order valence-electron chi connectivity index (χ2n) is 4.30. The molecule has 0 saturated carbocycles. The van der Waals surface area contributed by atoms with E-state index in [-0.39, 0.29) is 17.9 Å². The van der Waals surface area contributed by atoms with Gasteiger partial charge in [-0.3, -0.25) is 4.79 Å². The van der Waals surface area contributed by atoms with Gasteiger partial charge in [-0.15, -0.1) is 0 Å². The Bertz CT molecular complexity index is 651. The normalized spacial score (nSPS) is 12.4. The molecule has 0 fully saturated rings. The van der Waals surface area contributed by atoms with Crippen molar-refractivity contribution in [1.29, 1.82) is 0 Å². The van der Waals surface area contributed by atoms with Gasteiger partial charge in [0.15, 0.2) is 5.75 Å². The molecule has 1 aromatic heterocycles. The predicted octanol–water partition coefficient (Wildman–Crippen LogP) is 1.74. The summed E-state index contributed by atoms with van der Waals surface area (Å²) >= 11 is 0. The van der Waals surface area contributed by atoms with Crippen molar-refractivity contribution in [2.75, 3.05) is 0 Å². The number of nitrogens with zero attached hydrogens (tertiary/aromatic N) is 1. The third-order valence-electron chi connectivity index (χ3n) is 3.05. The number of hydrogen-bond donors (Lipinski definition) is 2. The van der Waals surface area contributed by atoms with Crippen LogP contribution in [0.1, 0.15) is 17.4 Å². The lowest BCUT2D eigenvalue weighted by Gasteiger charge is -2.16.